The number of hydrogen-bond donors (Lipinski definition) is 2. The van der Waals surface area contributed by atoms with Crippen molar-refractivity contribution in [1.82, 2.24) is 5.32 Å². The van der Waals surface area contributed by atoms with E-state index in [1.165, 1.54) is 0 Å². The molecule has 0 spiro atoms. The number of amides is 2. The number of anilines is 2. The van der Waals surface area contributed by atoms with E-state index in [9.17, 15) is 9.59 Å². The molecule has 0 heterocycles. The average molecular weight is 303 g/mol. The molecular weight excluding hydrogens is 278 g/mol. The van der Waals surface area contributed by atoms with Gasteiger partial charge in [-0.3, -0.25) is 9.59 Å². The maximum atomic E-state index is 11.9. The molecule has 5 heteroatoms. The van der Waals surface area contributed by atoms with Crippen LogP contribution in [0.2, 0.25) is 0 Å². The summed E-state index contributed by atoms with van der Waals surface area (Å²) in [5.74, 6) is -0.0701. The normalized spacial score (nSPS) is 13.6. The minimum Gasteiger partial charge on any atom is -0.372 e. The molecule has 1 saturated carbocycles. The molecule has 0 saturated heterocycles. The second-order valence-corrected chi connectivity index (χ2v) is 5.71. The van der Waals surface area contributed by atoms with Crippen LogP contribution >= 0.6 is 0 Å². The lowest BCUT2D eigenvalue weighted by molar-refractivity contribution is -0.125. The summed E-state index contributed by atoms with van der Waals surface area (Å²) in [6.07, 6.45) is 1.89. The van der Waals surface area contributed by atoms with Gasteiger partial charge in [-0.25, -0.2) is 0 Å². The summed E-state index contributed by atoms with van der Waals surface area (Å²) < 4.78 is 0. The van der Waals surface area contributed by atoms with Crippen molar-refractivity contribution in [3.63, 3.8) is 0 Å². The minimum atomic E-state index is -0.187. The van der Waals surface area contributed by atoms with E-state index in [1.54, 1.807) is 0 Å². The van der Waals surface area contributed by atoms with E-state index in [1.807, 2.05) is 19.1 Å². The Morgan fingerprint density at radius 3 is 2.45 bits per heavy atom. The molecule has 1 aliphatic rings. The van der Waals surface area contributed by atoms with Gasteiger partial charge in [0.2, 0.25) is 11.8 Å². The summed E-state index contributed by atoms with van der Waals surface area (Å²) in [6, 6.07) is 6.01. The Morgan fingerprint density at radius 1 is 1.23 bits per heavy atom. The van der Waals surface area contributed by atoms with Gasteiger partial charge in [0.25, 0.3) is 0 Å². The Morgan fingerprint density at radius 2 is 1.91 bits per heavy atom. The highest BCUT2D eigenvalue weighted by Crippen LogP contribution is 2.28. The van der Waals surface area contributed by atoms with Crippen LogP contribution in [0, 0.1) is 12.8 Å². The molecule has 22 heavy (non-hydrogen) atoms. The fraction of sp³-hybridized carbons (Fsp3) is 0.529. The van der Waals surface area contributed by atoms with E-state index in [-0.39, 0.29) is 24.3 Å². The fourth-order valence-corrected chi connectivity index (χ4v) is 2.43. The highest BCUT2D eigenvalue weighted by Gasteiger charge is 2.29. The molecule has 0 aromatic heterocycles. The molecule has 120 valence electrons. The summed E-state index contributed by atoms with van der Waals surface area (Å²) in [7, 11) is 0. The molecule has 1 aromatic carbocycles. The lowest BCUT2D eigenvalue weighted by Crippen LogP contribution is -2.33. The topological polar surface area (TPSA) is 61.4 Å². The number of carbonyl (C=O) groups excluding carboxylic acids is 2. The molecule has 2 N–H and O–H groups in total. The van der Waals surface area contributed by atoms with Crippen LogP contribution in [0.25, 0.3) is 0 Å². The smallest absolute Gasteiger partial charge is 0.243 e. The Balaban J connectivity index is 1.91. The predicted molar refractivity (Wildman–Crippen MR) is 89.1 cm³/mol. The van der Waals surface area contributed by atoms with Crippen LogP contribution in [0.15, 0.2) is 18.2 Å². The van der Waals surface area contributed by atoms with Crippen LogP contribution in [0.4, 0.5) is 11.4 Å². The Hall–Kier alpha value is -2.04. The van der Waals surface area contributed by atoms with Crippen molar-refractivity contribution in [2.45, 2.75) is 33.6 Å². The van der Waals surface area contributed by atoms with Gasteiger partial charge < -0.3 is 15.5 Å². The predicted octanol–water partition coefficient (Wildman–Crippen LogP) is 2.31. The summed E-state index contributed by atoms with van der Waals surface area (Å²) in [6.45, 7) is 8.16. The first-order valence-electron chi connectivity index (χ1n) is 7.98. The molecule has 5 nitrogen and oxygen atoms in total. The van der Waals surface area contributed by atoms with E-state index >= 15 is 0 Å². The molecule has 0 atom stereocenters. The van der Waals surface area contributed by atoms with Crippen molar-refractivity contribution in [2.24, 2.45) is 5.92 Å². The Labute approximate surface area is 132 Å². The van der Waals surface area contributed by atoms with Gasteiger partial charge in [-0.2, -0.15) is 0 Å². The number of rotatable bonds is 7. The highest BCUT2D eigenvalue weighted by molar-refractivity contribution is 5.95. The molecule has 0 unspecified atom stereocenters. The van der Waals surface area contributed by atoms with Crippen LogP contribution in [-0.4, -0.2) is 31.4 Å². The second kappa shape index (κ2) is 7.29. The number of carbonyl (C=O) groups is 2. The molecular formula is C17H25N3O2. The van der Waals surface area contributed by atoms with Crippen molar-refractivity contribution in [3.8, 4) is 0 Å². The maximum absolute atomic E-state index is 11.9. The van der Waals surface area contributed by atoms with Gasteiger partial charge in [0.1, 0.15) is 0 Å². The van der Waals surface area contributed by atoms with Crippen molar-refractivity contribution < 1.29 is 9.59 Å². The van der Waals surface area contributed by atoms with E-state index in [0.29, 0.717) is 0 Å². The van der Waals surface area contributed by atoms with Crippen LogP contribution in [-0.2, 0) is 9.59 Å². The molecule has 2 amide bonds. The van der Waals surface area contributed by atoms with Crippen molar-refractivity contribution >= 4 is 23.2 Å². The van der Waals surface area contributed by atoms with Crippen LogP contribution in [0.1, 0.15) is 32.3 Å². The maximum Gasteiger partial charge on any atom is 0.243 e. The lowest BCUT2D eigenvalue weighted by atomic mass is 10.1. The quantitative estimate of drug-likeness (QED) is 0.812. The number of nitrogens with one attached hydrogen (secondary N) is 2. The average Bonchev–Trinajstić information content (AvgIpc) is 3.33. The molecule has 0 radical (unpaired) electrons. The number of nitrogens with zero attached hydrogens (tertiary/aromatic N) is 1. The monoisotopic (exact) mass is 303 g/mol. The molecule has 0 aliphatic heterocycles. The van der Waals surface area contributed by atoms with Crippen molar-refractivity contribution in [3.05, 3.63) is 23.8 Å². The zero-order chi connectivity index (χ0) is 16.1. The SMILES string of the molecule is CCN(CC)c1ccc(NC(=O)CNC(=O)C2CC2)c(C)c1. The third-order valence-electron chi connectivity index (χ3n) is 3.98. The first kappa shape index (κ1) is 16.3. The van der Waals surface area contributed by atoms with Gasteiger partial charge in [-0.05, 0) is 57.4 Å². The van der Waals surface area contributed by atoms with Gasteiger partial charge in [0.05, 0.1) is 6.54 Å². The number of hydrogen-bond acceptors (Lipinski definition) is 3. The zero-order valence-corrected chi connectivity index (χ0v) is 13.6. The Kier molecular flexibility index (Phi) is 5.41. The van der Waals surface area contributed by atoms with E-state index in [4.69, 9.17) is 0 Å². The summed E-state index contributed by atoms with van der Waals surface area (Å²) in [5, 5.41) is 5.53. The summed E-state index contributed by atoms with van der Waals surface area (Å²) in [5.41, 5.74) is 2.97. The standard InChI is InChI=1S/C17H25N3O2/c1-4-20(5-2)14-8-9-15(12(3)10-14)19-16(21)11-18-17(22)13-6-7-13/h8-10,13H,4-7,11H2,1-3H3,(H,18,22)(H,19,21). The van der Waals surface area contributed by atoms with Gasteiger partial charge in [-0.15, -0.1) is 0 Å². The van der Waals surface area contributed by atoms with Crippen LogP contribution in [0.3, 0.4) is 0 Å². The zero-order valence-electron chi connectivity index (χ0n) is 13.6. The van der Waals surface area contributed by atoms with E-state index < -0.39 is 0 Å². The summed E-state index contributed by atoms with van der Waals surface area (Å²) >= 11 is 0. The summed E-state index contributed by atoms with van der Waals surface area (Å²) in [4.78, 5) is 25.7. The highest BCUT2D eigenvalue weighted by atomic mass is 16.2. The van der Waals surface area contributed by atoms with Crippen LogP contribution in [0.5, 0.6) is 0 Å². The molecule has 1 fully saturated rings. The molecule has 2 rings (SSSR count). The first-order chi connectivity index (χ1) is 10.5. The minimum absolute atomic E-state index is 0.0104. The van der Waals surface area contributed by atoms with Crippen molar-refractivity contribution in [1.29, 1.82) is 0 Å². The van der Waals surface area contributed by atoms with Gasteiger partial charge in [0.15, 0.2) is 0 Å². The third-order valence-corrected chi connectivity index (χ3v) is 3.98. The molecule has 1 aromatic rings. The largest absolute Gasteiger partial charge is 0.372 e. The van der Waals surface area contributed by atoms with Gasteiger partial charge >= 0.3 is 0 Å². The number of aryl methyl sites for hydroxylation is 1. The first-order valence-corrected chi connectivity index (χ1v) is 7.98. The lowest BCUT2D eigenvalue weighted by Gasteiger charge is -2.22. The van der Waals surface area contributed by atoms with Gasteiger partial charge in [0, 0.05) is 30.4 Å². The van der Waals surface area contributed by atoms with Crippen LogP contribution < -0.4 is 15.5 Å². The number of benzene rings is 1. The third kappa shape index (κ3) is 4.23. The van der Waals surface area contributed by atoms with Gasteiger partial charge in [-0.1, -0.05) is 0 Å². The molecule has 0 bridgehead atoms. The molecule has 1 aliphatic carbocycles. The van der Waals surface area contributed by atoms with E-state index in [2.05, 4.69) is 35.4 Å². The second-order valence-electron chi connectivity index (χ2n) is 5.71. The van der Waals surface area contributed by atoms with Crippen molar-refractivity contribution in [2.75, 3.05) is 29.9 Å². The fourth-order valence-electron chi connectivity index (χ4n) is 2.43. The Bertz CT molecular complexity index is 549. The van der Waals surface area contributed by atoms with E-state index in [0.717, 1.165) is 42.9 Å².